The molecule has 1 saturated carbocycles. The second-order valence-electron chi connectivity index (χ2n) is 6.91. The molecule has 4 fully saturated rings. The molecule has 0 spiro atoms. The van der Waals surface area contributed by atoms with Crippen LogP contribution in [-0.2, 0) is 0 Å². The van der Waals surface area contributed by atoms with Gasteiger partial charge in [-0.05, 0) is 42.2 Å². The Hall–Kier alpha value is -1.66. The molecule has 0 unspecified atom stereocenters. The van der Waals surface area contributed by atoms with Gasteiger partial charge in [-0.25, -0.2) is 0 Å². The summed E-state index contributed by atoms with van der Waals surface area (Å²) >= 11 is 1.39. The van der Waals surface area contributed by atoms with Gasteiger partial charge in [-0.3, -0.25) is 0 Å². The van der Waals surface area contributed by atoms with Crippen molar-refractivity contribution >= 4 is 11.3 Å². The first-order valence-electron chi connectivity index (χ1n) is 8.29. The van der Waals surface area contributed by atoms with Crippen LogP contribution in [0.25, 0.3) is 0 Å². The molecule has 0 radical (unpaired) electrons. The number of nitrogens with zero attached hydrogens (tertiary/aromatic N) is 3. The smallest absolute Gasteiger partial charge is 0.302 e. The van der Waals surface area contributed by atoms with E-state index in [1.807, 2.05) is 30.3 Å². The van der Waals surface area contributed by atoms with Crippen LogP contribution in [0.4, 0.5) is 0 Å². The Bertz CT molecular complexity index is 662. The topological polar surface area (TPSA) is 47.5 Å². The zero-order valence-corrected chi connectivity index (χ0v) is 13.6. The van der Waals surface area contributed by atoms with Crippen LogP contribution in [0.1, 0.15) is 12.8 Å². The molecule has 6 heteroatoms. The van der Waals surface area contributed by atoms with Gasteiger partial charge in [-0.1, -0.05) is 28.4 Å². The van der Waals surface area contributed by atoms with Crippen LogP contribution in [-0.4, -0.2) is 40.8 Å². The molecule has 6 rings (SSSR count). The SMILES string of the molecule is c1ccc(Oc2nnc(OC3[C@H]4CC5C[C@H]3CN(C5)C4)s2)cc1. The second-order valence-corrected chi connectivity index (χ2v) is 7.81. The van der Waals surface area contributed by atoms with E-state index < -0.39 is 0 Å². The molecule has 1 aromatic carbocycles. The predicted molar refractivity (Wildman–Crippen MR) is 87.0 cm³/mol. The summed E-state index contributed by atoms with van der Waals surface area (Å²) in [6, 6.07) is 9.67. The third-order valence-electron chi connectivity index (χ3n) is 5.28. The van der Waals surface area contributed by atoms with Crippen molar-refractivity contribution in [3.05, 3.63) is 30.3 Å². The molecule has 4 heterocycles. The molecule has 0 amide bonds. The van der Waals surface area contributed by atoms with Crippen LogP contribution in [0.2, 0.25) is 0 Å². The van der Waals surface area contributed by atoms with Crippen molar-refractivity contribution in [2.24, 2.45) is 17.8 Å². The van der Waals surface area contributed by atoms with Gasteiger partial charge < -0.3 is 14.4 Å². The van der Waals surface area contributed by atoms with Gasteiger partial charge in [0.2, 0.25) is 0 Å². The normalized spacial score (nSPS) is 34.5. The summed E-state index contributed by atoms with van der Waals surface area (Å²) in [5.41, 5.74) is 0. The minimum absolute atomic E-state index is 0.306. The first-order chi connectivity index (χ1) is 11.3. The van der Waals surface area contributed by atoms with E-state index in [0.717, 1.165) is 11.7 Å². The lowest BCUT2D eigenvalue weighted by molar-refractivity contribution is -0.0986. The van der Waals surface area contributed by atoms with Crippen molar-refractivity contribution in [3.63, 3.8) is 0 Å². The van der Waals surface area contributed by atoms with Crippen molar-refractivity contribution in [3.8, 4) is 16.1 Å². The largest absolute Gasteiger partial charge is 0.465 e. The van der Waals surface area contributed by atoms with Gasteiger partial charge in [0, 0.05) is 31.5 Å². The van der Waals surface area contributed by atoms with Crippen molar-refractivity contribution in [2.45, 2.75) is 18.9 Å². The molecule has 2 atom stereocenters. The van der Waals surface area contributed by atoms with Gasteiger partial charge in [0.15, 0.2) is 0 Å². The summed E-state index contributed by atoms with van der Waals surface area (Å²) < 4.78 is 12.0. The summed E-state index contributed by atoms with van der Waals surface area (Å²) in [6.45, 7) is 3.67. The zero-order valence-electron chi connectivity index (χ0n) is 12.8. The molecule has 4 aliphatic rings. The van der Waals surface area contributed by atoms with Crippen molar-refractivity contribution in [1.82, 2.24) is 15.1 Å². The predicted octanol–water partition coefficient (Wildman–Crippen LogP) is 3.05. The standard InChI is InChI=1S/C17H19N3O2S/c1-2-4-14(5-3-1)21-16-18-19-17(23-16)22-15-12-6-11-7-13(15)10-20(8-11)9-12/h1-5,11-13,15H,6-10H2/t11?,12-,13-,15?/m0/s1. The summed E-state index contributed by atoms with van der Waals surface area (Å²) in [6.07, 6.45) is 2.92. The fraction of sp³-hybridized carbons (Fsp3) is 0.529. The van der Waals surface area contributed by atoms with Gasteiger partial charge in [0.25, 0.3) is 5.19 Å². The summed E-state index contributed by atoms with van der Waals surface area (Å²) in [5, 5.41) is 9.46. The van der Waals surface area contributed by atoms with E-state index in [0.29, 0.717) is 28.3 Å². The number of piperidine rings is 3. The number of benzene rings is 1. The summed E-state index contributed by atoms with van der Waals surface area (Å²) in [5.74, 6) is 2.98. The quantitative estimate of drug-likeness (QED) is 0.863. The van der Waals surface area contributed by atoms with Crippen molar-refractivity contribution in [2.75, 3.05) is 19.6 Å². The third-order valence-corrected chi connectivity index (χ3v) is 5.97. The first kappa shape index (κ1) is 13.7. The molecular formula is C17H19N3O2S. The van der Waals surface area contributed by atoms with E-state index in [2.05, 4.69) is 15.1 Å². The second kappa shape index (κ2) is 5.46. The summed E-state index contributed by atoms with van der Waals surface area (Å²) in [7, 11) is 0. The maximum atomic E-state index is 6.25. The van der Waals surface area contributed by atoms with Crippen LogP contribution in [0.15, 0.2) is 30.3 Å². The molecule has 5 nitrogen and oxygen atoms in total. The van der Waals surface area contributed by atoms with E-state index in [1.54, 1.807) is 0 Å². The molecular weight excluding hydrogens is 310 g/mol. The Morgan fingerprint density at radius 3 is 2.43 bits per heavy atom. The fourth-order valence-electron chi connectivity index (χ4n) is 4.55. The zero-order chi connectivity index (χ0) is 15.2. The van der Waals surface area contributed by atoms with Crippen LogP contribution in [0.5, 0.6) is 16.1 Å². The maximum Gasteiger partial charge on any atom is 0.302 e. The molecule has 1 aromatic heterocycles. The molecule has 2 aromatic rings. The van der Waals surface area contributed by atoms with Gasteiger partial charge in [-0.15, -0.1) is 0 Å². The van der Waals surface area contributed by atoms with Crippen LogP contribution in [0, 0.1) is 17.8 Å². The number of ether oxygens (including phenoxy) is 2. The highest BCUT2D eigenvalue weighted by Gasteiger charge is 2.49. The number of para-hydroxylation sites is 1. The van der Waals surface area contributed by atoms with E-state index in [-0.39, 0.29) is 0 Å². The Balaban J connectivity index is 1.28. The highest BCUT2D eigenvalue weighted by atomic mass is 32.1. The van der Waals surface area contributed by atoms with Gasteiger partial charge in [0.05, 0.1) is 0 Å². The Kier molecular flexibility index (Phi) is 3.26. The number of aromatic nitrogens is 2. The van der Waals surface area contributed by atoms with Crippen LogP contribution >= 0.6 is 11.3 Å². The van der Waals surface area contributed by atoms with Crippen LogP contribution < -0.4 is 9.47 Å². The lowest BCUT2D eigenvalue weighted by Gasteiger charge is -2.54. The van der Waals surface area contributed by atoms with E-state index in [9.17, 15) is 0 Å². The lowest BCUT2D eigenvalue weighted by Crippen LogP contribution is -2.61. The Labute approximate surface area is 139 Å². The number of hydrogen-bond acceptors (Lipinski definition) is 6. The third kappa shape index (κ3) is 2.60. The monoisotopic (exact) mass is 329 g/mol. The first-order valence-corrected chi connectivity index (χ1v) is 9.10. The molecule has 4 bridgehead atoms. The average Bonchev–Trinajstić information content (AvgIpc) is 2.98. The van der Waals surface area contributed by atoms with Crippen molar-refractivity contribution in [1.29, 1.82) is 0 Å². The molecule has 1 aliphatic carbocycles. The summed E-state index contributed by atoms with van der Waals surface area (Å²) in [4.78, 5) is 2.61. The average molecular weight is 329 g/mol. The molecule has 3 aliphatic heterocycles. The fourth-order valence-corrected chi connectivity index (χ4v) is 5.16. The van der Waals surface area contributed by atoms with Gasteiger partial charge >= 0.3 is 5.19 Å². The molecule has 3 saturated heterocycles. The highest BCUT2D eigenvalue weighted by Crippen LogP contribution is 2.45. The number of rotatable bonds is 4. The van der Waals surface area contributed by atoms with Crippen molar-refractivity contribution < 1.29 is 9.47 Å². The van der Waals surface area contributed by atoms with E-state index in [4.69, 9.17) is 9.47 Å². The van der Waals surface area contributed by atoms with E-state index in [1.165, 1.54) is 43.8 Å². The molecule has 120 valence electrons. The van der Waals surface area contributed by atoms with E-state index >= 15 is 0 Å². The van der Waals surface area contributed by atoms with Gasteiger partial charge in [-0.2, -0.15) is 0 Å². The van der Waals surface area contributed by atoms with Crippen LogP contribution in [0.3, 0.4) is 0 Å². The maximum absolute atomic E-state index is 6.25. The molecule has 0 N–H and O–H groups in total. The number of hydrogen-bond donors (Lipinski definition) is 0. The Morgan fingerprint density at radius 1 is 0.957 bits per heavy atom. The minimum atomic E-state index is 0.306. The highest BCUT2D eigenvalue weighted by molar-refractivity contribution is 7.14. The molecule has 23 heavy (non-hydrogen) atoms. The van der Waals surface area contributed by atoms with Gasteiger partial charge in [0.1, 0.15) is 11.9 Å². The Morgan fingerprint density at radius 2 is 1.70 bits per heavy atom. The lowest BCUT2D eigenvalue weighted by atomic mass is 9.66. The minimum Gasteiger partial charge on any atom is -0.465 e.